The number of benzene rings is 3. The lowest BCUT2D eigenvalue weighted by molar-refractivity contribution is -0.384. The van der Waals surface area contributed by atoms with Crippen LogP contribution in [0.1, 0.15) is 26.3 Å². The lowest BCUT2D eigenvalue weighted by Gasteiger charge is -2.08. The van der Waals surface area contributed by atoms with Gasteiger partial charge in [-0.1, -0.05) is 23.8 Å². The predicted molar refractivity (Wildman–Crippen MR) is 113 cm³/mol. The monoisotopic (exact) mass is 455 g/mol. The van der Waals surface area contributed by atoms with Crippen molar-refractivity contribution >= 4 is 27.6 Å². The van der Waals surface area contributed by atoms with Crippen molar-refractivity contribution in [2.24, 2.45) is 0 Å². The Morgan fingerprint density at radius 2 is 1.59 bits per heavy atom. The van der Waals surface area contributed by atoms with Crippen LogP contribution < -0.4 is 4.18 Å². The zero-order valence-electron chi connectivity index (χ0n) is 16.8. The number of esters is 1. The summed E-state index contributed by atoms with van der Waals surface area (Å²) in [5.74, 6) is -1.42. The largest absolute Gasteiger partial charge is 0.454 e. The van der Waals surface area contributed by atoms with Gasteiger partial charge in [-0.15, -0.1) is 0 Å². The second-order valence-corrected chi connectivity index (χ2v) is 8.23. The number of non-ortho nitro benzene ring substituents is 1. The molecule has 0 atom stereocenters. The quantitative estimate of drug-likeness (QED) is 0.165. The standard InChI is InChI=1S/C22H17NO8S/c1-15-5-11-20(12-6-15)32(28,29)31-19-9-7-16(8-10-19)21(24)14-30-22(25)17-3-2-4-18(13-17)23(26)27/h2-13H,14H2,1H3. The van der Waals surface area contributed by atoms with Crippen LogP contribution in [0.4, 0.5) is 5.69 Å². The van der Waals surface area contributed by atoms with Crippen molar-refractivity contribution in [3.05, 3.63) is 99.6 Å². The Balaban J connectivity index is 1.61. The van der Waals surface area contributed by atoms with E-state index in [1.807, 2.05) is 6.92 Å². The van der Waals surface area contributed by atoms with Gasteiger partial charge < -0.3 is 8.92 Å². The van der Waals surface area contributed by atoms with Gasteiger partial charge in [-0.2, -0.15) is 8.42 Å². The maximum atomic E-state index is 12.3. The molecule has 0 bridgehead atoms. The minimum Gasteiger partial charge on any atom is -0.454 e. The molecular formula is C22H17NO8S. The number of rotatable bonds is 8. The topological polar surface area (TPSA) is 130 Å². The van der Waals surface area contributed by atoms with Crippen molar-refractivity contribution in [1.82, 2.24) is 0 Å². The van der Waals surface area contributed by atoms with E-state index in [1.54, 1.807) is 12.1 Å². The molecule has 0 unspecified atom stereocenters. The SMILES string of the molecule is Cc1ccc(S(=O)(=O)Oc2ccc(C(=O)COC(=O)c3cccc([N+](=O)[O-])c3)cc2)cc1. The van der Waals surface area contributed by atoms with Crippen LogP contribution >= 0.6 is 0 Å². The van der Waals surface area contributed by atoms with Gasteiger partial charge >= 0.3 is 16.1 Å². The Kier molecular flexibility index (Phi) is 6.64. The molecule has 0 fully saturated rings. The second-order valence-electron chi connectivity index (χ2n) is 6.68. The van der Waals surface area contributed by atoms with E-state index in [9.17, 15) is 28.1 Å². The molecule has 164 valence electrons. The highest BCUT2D eigenvalue weighted by molar-refractivity contribution is 7.87. The third kappa shape index (κ3) is 5.55. The average molecular weight is 455 g/mol. The number of nitro benzene ring substituents is 1. The molecule has 10 heteroatoms. The highest BCUT2D eigenvalue weighted by Gasteiger charge is 2.18. The molecule has 0 saturated carbocycles. The Morgan fingerprint density at radius 1 is 0.938 bits per heavy atom. The number of aryl methyl sites for hydroxylation is 1. The number of nitrogens with zero attached hydrogens (tertiary/aromatic N) is 1. The van der Waals surface area contributed by atoms with E-state index >= 15 is 0 Å². The fourth-order valence-corrected chi connectivity index (χ4v) is 3.55. The highest BCUT2D eigenvalue weighted by atomic mass is 32.2. The first-order valence-corrected chi connectivity index (χ1v) is 10.6. The molecule has 9 nitrogen and oxygen atoms in total. The molecule has 3 aromatic rings. The van der Waals surface area contributed by atoms with Crippen LogP contribution in [-0.4, -0.2) is 31.7 Å². The predicted octanol–water partition coefficient (Wildman–Crippen LogP) is 3.71. The number of nitro groups is 1. The molecule has 0 aliphatic heterocycles. The molecule has 0 aliphatic rings. The van der Waals surface area contributed by atoms with Gasteiger partial charge in [-0.05, 0) is 49.4 Å². The number of ether oxygens (including phenoxy) is 1. The molecule has 0 spiro atoms. The molecule has 0 saturated heterocycles. The van der Waals surface area contributed by atoms with Gasteiger partial charge in [0.15, 0.2) is 12.4 Å². The molecule has 0 aromatic heterocycles. The van der Waals surface area contributed by atoms with Crippen molar-refractivity contribution in [2.75, 3.05) is 6.61 Å². The number of Topliss-reactive ketones (excluding diaryl/α,β-unsaturated/α-hetero) is 1. The Hall–Kier alpha value is -4.05. The molecule has 0 radical (unpaired) electrons. The molecule has 3 rings (SSSR count). The van der Waals surface area contributed by atoms with Gasteiger partial charge in [-0.3, -0.25) is 14.9 Å². The minimum absolute atomic E-state index is 0.00341. The third-order valence-corrected chi connectivity index (χ3v) is 5.58. The maximum Gasteiger partial charge on any atom is 0.339 e. The normalized spacial score (nSPS) is 10.9. The second kappa shape index (κ2) is 9.40. The molecule has 0 amide bonds. The van der Waals surface area contributed by atoms with Crippen molar-refractivity contribution in [1.29, 1.82) is 0 Å². The molecule has 32 heavy (non-hydrogen) atoms. The summed E-state index contributed by atoms with van der Waals surface area (Å²) < 4.78 is 34.6. The van der Waals surface area contributed by atoms with Crippen LogP contribution in [0.15, 0.2) is 77.7 Å². The molecular weight excluding hydrogens is 438 g/mol. The summed E-state index contributed by atoms with van der Waals surface area (Å²) >= 11 is 0. The van der Waals surface area contributed by atoms with Crippen molar-refractivity contribution < 1.29 is 31.9 Å². The fraction of sp³-hybridized carbons (Fsp3) is 0.0909. The fourth-order valence-electron chi connectivity index (χ4n) is 2.62. The first-order chi connectivity index (χ1) is 15.2. The maximum absolute atomic E-state index is 12.3. The van der Waals surface area contributed by atoms with Crippen LogP contribution in [0.25, 0.3) is 0 Å². The summed E-state index contributed by atoms with van der Waals surface area (Å²) in [4.78, 5) is 34.4. The van der Waals surface area contributed by atoms with E-state index < -0.39 is 33.4 Å². The van der Waals surface area contributed by atoms with Crippen LogP contribution in [-0.2, 0) is 14.9 Å². The lowest BCUT2D eigenvalue weighted by atomic mass is 10.1. The van der Waals surface area contributed by atoms with E-state index in [1.165, 1.54) is 54.6 Å². The smallest absolute Gasteiger partial charge is 0.339 e. The van der Waals surface area contributed by atoms with Gasteiger partial charge in [0.2, 0.25) is 0 Å². The summed E-state index contributed by atoms with van der Waals surface area (Å²) in [6.07, 6.45) is 0. The zero-order valence-corrected chi connectivity index (χ0v) is 17.6. The Morgan fingerprint density at radius 3 is 2.22 bits per heavy atom. The van der Waals surface area contributed by atoms with Gasteiger partial charge in [-0.25, -0.2) is 4.79 Å². The van der Waals surface area contributed by atoms with Crippen LogP contribution in [0.5, 0.6) is 5.75 Å². The highest BCUT2D eigenvalue weighted by Crippen LogP contribution is 2.20. The van der Waals surface area contributed by atoms with Crippen molar-refractivity contribution in [3.8, 4) is 5.75 Å². The van der Waals surface area contributed by atoms with Crippen molar-refractivity contribution in [3.63, 3.8) is 0 Å². The first-order valence-electron chi connectivity index (χ1n) is 9.22. The third-order valence-electron chi connectivity index (χ3n) is 4.32. The Labute approximate surface area is 183 Å². The average Bonchev–Trinajstić information content (AvgIpc) is 2.78. The number of carbonyl (C=O) groups is 2. The van der Waals surface area contributed by atoms with Gasteiger partial charge in [0.25, 0.3) is 5.69 Å². The van der Waals surface area contributed by atoms with Crippen molar-refractivity contribution in [2.45, 2.75) is 11.8 Å². The molecule has 0 N–H and O–H groups in total. The number of ketones is 1. The summed E-state index contributed by atoms with van der Waals surface area (Å²) in [5, 5.41) is 10.8. The van der Waals surface area contributed by atoms with Gasteiger partial charge in [0.05, 0.1) is 10.5 Å². The zero-order chi connectivity index (χ0) is 23.3. The van der Waals surface area contributed by atoms with Crippen LogP contribution in [0.3, 0.4) is 0 Å². The van der Waals surface area contributed by atoms with E-state index in [4.69, 9.17) is 8.92 Å². The van der Waals surface area contributed by atoms with E-state index in [0.29, 0.717) is 0 Å². The lowest BCUT2D eigenvalue weighted by Crippen LogP contribution is -2.14. The first kappa shape index (κ1) is 22.6. The van der Waals surface area contributed by atoms with E-state index in [2.05, 4.69) is 0 Å². The summed E-state index contributed by atoms with van der Waals surface area (Å²) in [6.45, 7) is 1.23. The number of carbonyl (C=O) groups excluding carboxylic acids is 2. The molecule has 0 aliphatic carbocycles. The van der Waals surface area contributed by atoms with E-state index in [0.717, 1.165) is 11.6 Å². The van der Waals surface area contributed by atoms with Crippen LogP contribution in [0, 0.1) is 17.0 Å². The van der Waals surface area contributed by atoms with Gasteiger partial charge in [0.1, 0.15) is 10.6 Å². The minimum atomic E-state index is -4.03. The van der Waals surface area contributed by atoms with Gasteiger partial charge in [0, 0.05) is 17.7 Å². The molecule has 3 aromatic carbocycles. The number of hydrogen-bond acceptors (Lipinski definition) is 8. The molecule has 0 heterocycles. The van der Waals surface area contributed by atoms with Crippen LogP contribution in [0.2, 0.25) is 0 Å². The Bertz CT molecular complexity index is 1270. The summed E-state index contributed by atoms with van der Waals surface area (Å²) in [7, 11) is -4.03. The number of hydrogen-bond donors (Lipinski definition) is 0. The summed E-state index contributed by atoms with van der Waals surface area (Å²) in [6, 6.07) is 16.4. The summed E-state index contributed by atoms with van der Waals surface area (Å²) in [5.41, 5.74) is 0.731. The van der Waals surface area contributed by atoms with E-state index in [-0.39, 0.29) is 27.5 Å².